The first kappa shape index (κ1) is 16.1. The minimum absolute atomic E-state index is 0.203. The Kier molecular flexibility index (Phi) is 4.21. The first-order valence-electron chi connectivity index (χ1n) is 8.47. The smallest absolute Gasteiger partial charge is 0.227 e. The Labute approximate surface area is 151 Å². The molecular weight excluding hydrogens is 332 g/mol. The Morgan fingerprint density at radius 2 is 2.16 bits per heavy atom. The summed E-state index contributed by atoms with van der Waals surface area (Å²) >= 11 is 1.54. The van der Waals surface area contributed by atoms with Crippen LogP contribution in [-0.2, 0) is 4.79 Å². The standard InChI is InChI=1S/C19H20N4OS/c1-3-11-25-19-21-18-20-14-5-4-6-15(24)16(14)17(23(18)22-19)13-9-7-12(2)8-10-13/h3,7-10,17H,1,4-6,11H2,2H3,(H,20,21,22)/t17-/m1/s1. The van der Waals surface area contributed by atoms with E-state index in [0.717, 1.165) is 35.4 Å². The average molecular weight is 352 g/mol. The normalized spacial score (nSPS) is 19.2. The monoisotopic (exact) mass is 352 g/mol. The summed E-state index contributed by atoms with van der Waals surface area (Å²) in [7, 11) is 0. The van der Waals surface area contributed by atoms with Crippen molar-refractivity contribution in [2.45, 2.75) is 37.4 Å². The largest absolute Gasteiger partial charge is 0.328 e. The molecule has 1 aliphatic heterocycles. The van der Waals surface area contributed by atoms with E-state index in [9.17, 15) is 4.79 Å². The van der Waals surface area contributed by atoms with Gasteiger partial charge in [0.15, 0.2) is 5.78 Å². The molecule has 1 N–H and O–H groups in total. The van der Waals surface area contributed by atoms with Crippen LogP contribution in [0.2, 0.25) is 0 Å². The van der Waals surface area contributed by atoms with E-state index in [0.29, 0.717) is 17.5 Å². The maximum atomic E-state index is 12.7. The van der Waals surface area contributed by atoms with E-state index in [1.54, 1.807) is 11.8 Å². The molecule has 1 aliphatic carbocycles. The Morgan fingerprint density at radius 3 is 2.92 bits per heavy atom. The van der Waals surface area contributed by atoms with Crippen LogP contribution >= 0.6 is 11.8 Å². The maximum Gasteiger partial charge on any atom is 0.227 e. The van der Waals surface area contributed by atoms with Gasteiger partial charge in [0.2, 0.25) is 11.1 Å². The minimum Gasteiger partial charge on any atom is -0.328 e. The van der Waals surface area contributed by atoms with E-state index in [-0.39, 0.29) is 11.8 Å². The number of thioether (sulfide) groups is 1. The van der Waals surface area contributed by atoms with Crippen molar-refractivity contribution in [2.75, 3.05) is 11.1 Å². The molecule has 0 saturated heterocycles. The number of hydrogen-bond donors (Lipinski definition) is 1. The molecule has 2 aromatic rings. The van der Waals surface area contributed by atoms with E-state index in [1.165, 1.54) is 5.56 Å². The Hall–Kier alpha value is -2.34. The maximum absolute atomic E-state index is 12.7. The summed E-state index contributed by atoms with van der Waals surface area (Å²) in [6.07, 6.45) is 4.20. The van der Waals surface area contributed by atoms with E-state index in [4.69, 9.17) is 0 Å². The molecule has 5 nitrogen and oxygen atoms in total. The molecule has 0 spiro atoms. The van der Waals surface area contributed by atoms with Crippen LogP contribution in [0, 0.1) is 6.92 Å². The zero-order valence-electron chi connectivity index (χ0n) is 14.2. The number of aryl methyl sites for hydroxylation is 1. The first-order valence-corrected chi connectivity index (χ1v) is 9.46. The number of hydrogen-bond acceptors (Lipinski definition) is 5. The Morgan fingerprint density at radius 1 is 1.36 bits per heavy atom. The first-order chi connectivity index (χ1) is 12.2. The molecule has 2 heterocycles. The lowest BCUT2D eigenvalue weighted by Gasteiger charge is -2.32. The summed E-state index contributed by atoms with van der Waals surface area (Å²) < 4.78 is 1.86. The van der Waals surface area contributed by atoms with Crippen molar-refractivity contribution in [2.24, 2.45) is 0 Å². The molecule has 1 atom stereocenters. The van der Waals surface area contributed by atoms with Gasteiger partial charge in [0.05, 0.1) is 0 Å². The molecule has 0 saturated carbocycles. The number of aromatic nitrogens is 3. The third-order valence-corrected chi connectivity index (χ3v) is 5.41. The number of fused-ring (bicyclic) bond motifs is 1. The third kappa shape index (κ3) is 2.91. The zero-order chi connectivity index (χ0) is 17.4. The topological polar surface area (TPSA) is 59.8 Å². The summed E-state index contributed by atoms with van der Waals surface area (Å²) in [5.74, 6) is 1.68. The highest BCUT2D eigenvalue weighted by Crippen LogP contribution is 2.40. The molecule has 0 amide bonds. The van der Waals surface area contributed by atoms with Crippen LogP contribution in [0.5, 0.6) is 0 Å². The number of ketones is 1. The predicted octanol–water partition coefficient (Wildman–Crippen LogP) is 3.89. The van der Waals surface area contributed by atoms with Crippen LogP contribution in [0.15, 0.2) is 53.3 Å². The van der Waals surface area contributed by atoms with Crippen LogP contribution in [0.1, 0.15) is 36.4 Å². The quantitative estimate of drug-likeness (QED) is 0.668. The molecule has 0 bridgehead atoms. The lowest BCUT2D eigenvalue weighted by atomic mass is 9.85. The van der Waals surface area contributed by atoms with Crippen molar-refractivity contribution in [3.05, 3.63) is 59.3 Å². The predicted molar refractivity (Wildman–Crippen MR) is 99.8 cm³/mol. The van der Waals surface area contributed by atoms with Crippen molar-refractivity contribution in [3.8, 4) is 0 Å². The van der Waals surface area contributed by atoms with Gasteiger partial charge in [0.1, 0.15) is 6.04 Å². The fraction of sp³-hybridized carbons (Fsp3) is 0.316. The minimum atomic E-state index is -0.203. The van der Waals surface area contributed by atoms with E-state index in [1.807, 2.05) is 10.8 Å². The van der Waals surface area contributed by atoms with Crippen LogP contribution in [-0.4, -0.2) is 26.3 Å². The molecule has 0 unspecified atom stereocenters. The van der Waals surface area contributed by atoms with E-state index in [2.05, 4.69) is 53.2 Å². The number of anilines is 1. The van der Waals surface area contributed by atoms with Gasteiger partial charge in [0, 0.05) is 23.4 Å². The van der Waals surface area contributed by atoms with Gasteiger partial charge < -0.3 is 5.32 Å². The number of allylic oxidation sites excluding steroid dienone is 2. The number of nitrogens with zero attached hydrogens (tertiary/aromatic N) is 3. The number of benzene rings is 1. The summed E-state index contributed by atoms with van der Waals surface area (Å²) in [4.78, 5) is 17.3. The Bertz CT molecular complexity index is 866. The second-order valence-electron chi connectivity index (χ2n) is 6.37. The van der Waals surface area contributed by atoms with Gasteiger partial charge in [-0.2, -0.15) is 4.98 Å². The summed E-state index contributed by atoms with van der Waals surface area (Å²) in [6.45, 7) is 5.81. The van der Waals surface area contributed by atoms with Crippen LogP contribution in [0.25, 0.3) is 0 Å². The molecule has 25 heavy (non-hydrogen) atoms. The van der Waals surface area contributed by atoms with Crippen molar-refractivity contribution in [1.82, 2.24) is 14.8 Å². The summed E-state index contributed by atoms with van der Waals surface area (Å²) in [5, 5.41) is 8.71. The highest BCUT2D eigenvalue weighted by Gasteiger charge is 2.36. The fourth-order valence-electron chi connectivity index (χ4n) is 3.39. The van der Waals surface area contributed by atoms with Gasteiger partial charge in [-0.25, -0.2) is 4.68 Å². The summed E-state index contributed by atoms with van der Waals surface area (Å²) in [6, 6.07) is 8.12. The lowest BCUT2D eigenvalue weighted by molar-refractivity contribution is -0.116. The van der Waals surface area contributed by atoms with Crippen molar-refractivity contribution in [1.29, 1.82) is 0 Å². The summed E-state index contributed by atoms with van der Waals surface area (Å²) in [5.41, 5.74) is 4.11. The van der Waals surface area contributed by atoms with Gasteiger partial charge >= 0.3 is 0 Å². The van der Waals surface area contributed by atoms with Gasteiger partial charge in [-0.15, -0.1) is 11.7 Å². The number of carbonyl (C=O) groups is 1. The molecule has 4 rings (SSSR count). The molecule has 0 fully saturated rings. The van der Waals surface area contributed by atoms with Gasteiger partial charge in [-0.1, -0.05) is 47.7 Å². The fourth-order valence-corrected chi connectivity index (χ4v) is 3.95. The van der Waals surface area contributed by atoms with Crippen LogP contribution in [0.4, 0.5) is 5.95 Å². The second kappa shape index (κ2) is 6.52. The van der Waals surface area contributed by atoms with Crippen LogP contribution < -0.4 is 5.32 Å². The van der Waals surface area contributed by atoms with Crippen molar-refractivity contribution < 1.29 is 4.79 Å². The third-order valence-electron chi connectivity index (χ3n) is 4.57. The highest BCUT2D eigenvalue weighted by molar-refractivity contribution is 7.99. The molecule has 2 aliphatic rings. The number of nitrogens with one attached hydrogen (secondary N) is 1. The SMILES string of the molecule is C=CCSc1nc2n(n1)[C@H](c1ccc(C)cc1)C1=C(CCCC1=O)N2. The zero-order valence-corrected chi connectivity index (χ0v) is 15.0. The molecule has 6 heteroatoms. The van der Waals surface area contributed by atoms with Crippen molar-refractivity contribution in [3.63, 3.8) is 0 Å². The Balaban J connectivity index is 1.83. The lowest BCUT2D eigenvalue weighted by Crippen LogP contribution is -2.31. The van der Waals surface area contributed by atoms with E-state index < -0.39 is 0 Å². The number of carbonyl (C=O) groups excluding carboxylic acids is 1. The second-order valence-corrected chi connectivity index (χ2v) is 7.36. The van der Waals surface area contributed by atoms with Gasteiger partial charge in [-0.3, -0.25) is 4.79 Å². The molecule has 0 radical (unpaired) electrons. The molecule has 1 aromatic heterocycles. The number of rotatable bonds is 4. The van der Waals surface area contributed by atoms with Crippen LogP contribution in [0.3, 0.4) is 0 Å². The highest BCUT2D eigenvalue weighted by atomic mass is 32.2. The van der Waals surface area contributed by atoms with Gasteiger partial charge in [-0.05, 0) is 25.3 Å². The van der Waals surface area contributed by atoms with Gasteiger partial charge in [0.25, 0.3) is 0 Å². The average Bonchev–Trinajstić information content (AvgIpc) is 3.01. The molecular formula is C19H20N4OS. The number of Topliss-reactive ketones (excluding diaryl/α,β-unsaturated/α-hetero) is 1. The molecule has 128 valence electrons. The van der Waals surface area contributed by atoms with Crippen molar-refractivity contribution >= 4 is 23.5 Å². The van der Waals surface area contributed by atoms with E-state index >= 15 is 0 Å². The molecule has 1 aromatic carbocycles.